The van der Waals surface area contributed by atoms with Gasteiger partial charge in [0.2, 0.25) is 0 Å². The Balaban J connectivity index is 5.24. The Morgan fingerprint density at radius 1 is 0.302 bits per heavy atom. The molecule has 0 rings (SSSR count). The number of hydrogen-bond acceptors (Lipinski definition) is 15. The third-order valence-electron chi connectivity index (χ3n) is 18.3. The van der Waals surface area contributed by atoms with E-state index in [-0.39, 0.29) is 25.7 Å². The highest BCUT2D eigenvalue weighted by atomic mass is 31.2. The van der Waals surface area contributed by atoms with Gasteiger partial charge in [0.05, 0.1) is 26.4 Å². The number of carbonyl (C=O) groups excluding carboxylic acids is 4. The summed E-state index contributed by atoms with van der Waals surface area (Å²) in [6.45, 7) is 9.57. The van der Waals surface area contributed by atoms with Crippen LogP contribution in [0.5, 0.6) is 0 Å². The molecule has 0 aromatic carbocycles. The van der Waals surface area contributed by atoms with Crippen LogP contribution in [-0.4, -0.2) is 96.7 Å². The number of rotatable bonds is 76. The Kier molecular flexibility index (Phi) is 67.4. The Morgan fingerprint density at radius 3 is 0.792 bits per heavy atom. The summed E-state index contributed by atoms with van der Waals surface area (Å²) in [6, 6.07) is 0. The van der Waals surface area contributed by atoms with Gasteiger partial charge in [-0.2, -0.15) is 0 Å². The topological polar surface area (TPSA) is 237 Å². The number of aliphatic hydroxyl groups is 1. The molecule has 19 heteroatoms. The number of phosphoric acid groups is 2. The molecular formula is C77H150O17P2. The Bertz CT molecular complexity index is 1860. The zero-order valence-corrected chi connectivity index (χ0v) is 64.5. The third kappa shape index (κ3) is 69.2. The molecule has 0 saturated carbocycles. The van der Waals surface area contributed by atoms with Gasteiger partial charge in [0.25, 0.3) is 0 Å². The average Bonchev–Trinajstić information content (AvgIpc) is 1.23. The van der Waals surface area contributed by atoms with E-state index < -0.39 is 97.5 Å². The Labute approximate surface area is 588 Å². The van der Waals surface area contributed by atoms with E-state index in [1.54, 1.807) is 0 Å². The second-order valence-electron chi connectivity index (χ2n) is 28.5. The van der Waals surface area contributed by atoms with Crippen molar-refractivity contribution in [2.45, 2.75) is 419 Å². The van der Waals surface area contributed by atoms with Crippen LogP contribution in [0.15, 0.2) is 0 Å². The lowest BCUT2D eigenvalue weighted by molar-refractivity contribution is -0.161. The van der Waals surface area contributed by atoms with Gasteiger partial charge >= 0.3 is 39.5 Å². The van der Waals surface area contributed by atoms with Crippen molar-refractivity contribution in [3.05, 3.63) is 0 Å². The molecule has 0 amide bonds. The van der Waals surface area contributed by atoms with Gasteiger partial charge in [-0.25, -0.2) is 9.13 Å². The molecule has 3 N–H and O–H groups in total. The molecular weight excluding hydrogens is 1260 g/mol. The summed E-state index contributed by atoms with van der Waals surface area (Å²) in [5.74, 6) is -0.612. The number of carbonyl (C=O) groups is 4. The van der Waals surface area contributed by atoms with Crippen LogP contribution in [0.4, 0.5) is 0 Å². The lowest BCUT2D eigenvalue weighted by Gasteiger charge is -2.21. The van der Waals surface area contributed by atoms with Crippen LogP contribution in [0.25, 0.3) is 0 Å². The average molecular weight is 1410 g/mol. The van der Waals surface area contributed by atoms with Crippen molar-refractivity contribution in [1.82, 2.24) is 0 Å². The van der Waals surface area contributed by atoms with E-state index in [0.717, 1.165) is 108 Å². The molecule has 570 valence electrons. The summed E-state index contributed by atoms with van der Waals surface area (Å²) in [6.07, 6.45) is 56.9. The zero-order chi connectivity index (χ0) is 70.7. The minimum Gasteiger partial charge on any atom is -0.462 e. The normalized spacial score (nSPS) is 14.3. The molecule has 0 aliphatic rings. The molecule has 0 spiro atoms. The summed E-state index contributed by atoms with van der Waals surface area (Å²) >= 11 is 0. The number of aliphatic hydroxyl groups excluding tert-OH is 1. The minimum atomic E-state index is -4.96. The van der Waals surface area contributed by atoms with Crippen molar-refractivity contribution in [3.63, 3.8) is 0 Å². The molecule has 0 saturated heterocycles. The number of phosphoric ester groups is 2. The first-order valence-corrected chi connectivity index (χ1v) is 43.0. The minimum absolute atomic E-state index is 0.107. The summed E-state index contributed by atoms with van der Waals surface area (Å²) in [5.41, 5.74) is 0. The first-order chi connectivity index (χ1) is 46.4. The second kappa shape index (κ2) is 68.8. The standard InChI is InChI=1S/C77H150O17P2/c1-7-10-12-14-16-18-20-22-23-24-25-26-27-29-33-38-42-50-56-62-76(81)93-72(65-87-74(79)59-53-47-40-36-34-30-31-35-39-45-51-57-69(4)5)67-91-95(83,84)89-63-71(78)64-90-96(85,86)92-68-73(66-88-75(80)60-54-48-44-43-46-52-58-70(6)9-3)94-77(82)61-55-49-41-37-32-28-21-19-17-15-13-11-8-2/h69-73,78H,7-68H2,1-6H3,(H,83,84)(H,85,86)/t70?,71-,72-,73-/m1/s1. The lowest BCUT2D eigenvalue weighted by Crippen LogP contribution is -2.30. The molecule has 0 bridgehead atoms. The maximum Gasteiger partial charge on any atom is 0.472 e. The summed E-state index contributed by atoms with van der Waals surface area (Å²) in [7, 11) is -9.91. The maximum atomic E-state index is 13.1. The van der Waals surface area contributed by atoms with E-state index in [4.69, 9.17) is 37.0 Å². The van der Waals surface area contributed by atoms with Crippen LogP contribution in [-0.2, 0) is 65.4 Å². The van der Waals surface area contributed by atoms with Crippen molar-refractivity contribution in [2.75, 3.05) is 39.6 Å². The monoisotopic (exact) mass is 1410 g/mol. The second-order valence-corrected chi connectivity index (χ2v) is 31.4. The quantitative estimate of drug-likeness (QED) is 0.0222. The van der Waals surface area contributed by atoms with Gasteiger partial charge in [-0.15, -0.1) is 0 Å². The van der Waals surface area contributed by atoms with Crippen molar-refractivity contribution in [3.8, 4) is 0 Å². The van der Waals surface area contributed by atoms with E-state index >= 15 is 0 Å². The fraction of sp³-hybridized carbons (Fsp3) is 0.948. The number of unbranched alkanes of at least 4 members (excludes halogenated alkanes) is 45. The predicted octanol–water partition coefficient (Wildman–Crippen LogP) is 22.7. The van der Waals surface area contributed by atoms with E-state index in [2.05, 4.69) is 41.5 Å². The van der Waals surface area contributed by atoms with Gasteiger partial charge in [-0.1, -0.05) is 350 Å². The molecule has 0 heterocycles. The van der Waals surface area contributed by atoms with Gasteiger partial charge in [0.15, 0.2) is 12.2 Å². The first kappa shape index (κ1) is 94.1. The molecule has 0 aromatic heterocycles. The fourth-order valence-corrected chi connectivity index (χ4v) is 13.4. The molecule has 17 nitrogen and oxygen atoms in total. The predicted molar refractivity (Wildman–Crippen MR) is 391 cm³/mol. The number of ether oxygens (including phenoxy) is 4. The van der Waals surface area contributed by atoms with E-state index in [9.17, 15) is 43.2 Å². The highest BCUT2D eigenvalue weighted by molar-refractivity contribution is 7.47. The van der Waals surface area contributed by atoms with Crippen LogP contribution in [0.1, 0.15) is 401 Å². The van der Waals surface area contributed by atoms with Crippen LogP contribution in [0.3, 0.4) is 0 Å². The maximum absolute atomic E-state index is 13.1. The van der Waals surface area contributed by atoms with Crippen LogP contribution in [0, 0.1) is 11.8 Å². The summed E-state index contributed by atoms with van der Waals surface area (Å²) < 4.78 is 68.6. The largest absolute Gasteiger partial charge is 0.472 e. The van der Waals surface area contributed by atoms with E-state index in [0.29, 0.717) is 25.7 Å². The molecule has 96 heavy (non-hydrogen) atoms. The molecule has 0 aromatic rings. The number of esters is 4. The van der Waals surface area contributed by atoms with Gasteiger partial charge in [0, 0.05) is 25.7 Å². The van der Waals surface area contributed by atoms with Crippen molar-refractivity contribution in [1.29, 1.82) is 0 Å². The van der Waals surface area contributed by atoms with Gasteiger partial charge in [0.1, 0.15) is 19.3 Å². The van der Waals surface area contributed by atoms with Gasteiger partial charge in [-0.3, -0.25) is 37.3 Å². The van der Waals surface area contributed by atoms with Crippen LogP contribution < -0.4 is 0 Å². The number of hydrogen-bond donors (Lipinski definition) is 3. The summed E-state index contributed by atoms with van der Waals surface area (Å²) in [4.78, 5) is 72.8. The Morgan fingerprint density at radius 2 is 0.531 bits per heavy atom. The molecule has 0 aliphatic carbocycles. The van der Waals surface area contributed by atoms with E-state index in [1.807, 2.05) is 0 Å². The first-order valence-electron chi connectivity index (χ1n) is 40.0. The lowest BCUT2D eigenvalue weighted by atomic mass is 10.00. The SMILES string of the molecule is CCCCCCCCCCCCCCCCCCCCCC(=O)O[C@H](COC(=O)CCCCCCCCCCCCCC(C)C)COP(=O)(O)OC[C@@H](O)COP(=O)(O)OC[C@@H](COC(=O)CCCCCCCCC(C)CC)OC(=O)CCCCCCCCCCCCCCC. The van der Waals surface area contributed by atoms with E-state index in [1.165, 1.54) is 212 Å². The van der Waals surface area contributed by atoms with Crippen LogP contribution in [0.2, 0.25) is 0 Å². The van der Waals surface area contributed by atoms with Crippen molar-refractivity contribution in [2.24, 2.45) is 11.8 Å². The fourth-order valence-electron chi connectivity index (χ4n) is 11.8. The Hall–Kier alpha value is -1.94. The molecule has 3 unspecified atom stereocenters. The third-order valence-corrected chi connectivity index (χ3v) is 20.2. The molecule has 0 fully saturated rings. The zero-order valence-electron chi connectivity index (χ0n) is 62.7. The molecule has 0 aliphatic heterocycles. The highest BCUT2D eigenvalue weighted by Crippen LogP contribution is 2.45. The smallest absolute Gasteiger partial charge is 0.462 e. The van der Waals surface area contributed by atoms with Gasteiger partial charge in [-0.05, 0) is 37.5 Å². The molecule has 6 atom stereocenters. The van der Waals surface area contributed by atoms with Crippen molar-refractivity contribution >= 4 is 39.5 Å². The van der Waals surface area contributed by atoms with Gasteiger partial charge < -0.3 is 33.8 Å². The summed E-state index contributed by atoms with van der Waals surface area (Å²) in [5, 5.41) is 10.6. The van der Waals surface area contributed by atoms with Crippen molar-refractivity contribution < 1.29 is 80.2 Å². The van der Waals surface area contributed by atoms with Crippen LogP contribution >= 0.6 is 15.6 Å². The highest BCUT2D eigenvalue weighted by Gasteiger charge is 2.30. The molecule has 0 radical (unpaired) electrons.